The lowest BCUT2D eigenvalue weighted by molar-refractivity contribution is -0.149. The van der Waals surface area contributed by atoms with Gasteiger partial charge in [0.05, 0.1) is 12.5 Å². The molecule has 92 valence electrons. The molecule has 16 heavy (non-hydrogen) atoms. The molecule has 1 rings (SSSR count). The van der Waals surface area contributed by atoms with Crippen molar-refractivity contribution in [3.63, 3.8) is 0 Å². The molecule has 0 unspecified atom stereocenters. The third-order valence-electron chi connectivity index (χ3n) is 2.94. The number of hydrogen-bond donors (Lipinski definition) is 1. The van der Waals surface area contributed by atoms with E-state index in [9.17, 15) is 4.79 Å². The smallest absolute Gasteiger partial charge is 0.309 e. The predicted molar refractivity (Wildman–Crippen MR) is 64.0 cm³/mol. The molecular weight excluding hydrogens is 204 g/mol. The molecule has 0 atom stereocenters. The quantitative estimate of drug-likeness (QED) is 0.556. The number of likely N-dealkylation sites (tertiary alicyclic amines) is 1. The van der Waals surface area contributed by atoms with E-state index in [2.05, 4.69) is 11.5 Å². The van der Waals surface area contributed by atoms with Crippen LogP contribution >= 0.6 is 0 Å². The van der Waals surface area contributed by atoms with Gasteiger partial charge in [0, 0.05) is 13.1 Å². The Balaban J connectivity index is 2.28. The second-order valence-electron chi connectivity index (χ2n) is 4.26. The number of piperidine rings is 1. The summed E-state index contributed by atoms with van der Waals surface area (Å²) in [6.07, 6.45) is 1.77. The third kappa shape index (κ3) is 3.94. The molecule has 4 nitrogen and oxygen atoms in total. The molecule has 0 spiro atoms. The number of nitrogens with zero attached hydrogens (tertiary/aromatic N) is 1. The van der Waals surface area contributed by atoms with Gasteiger partial charge in [-0.1, -0.05) is 6.58 Å². The van der Waals surface area contributed by atoms with Gasteiger partial charge in [-0.2, -0.15) is 0 Å². The number of ether oxygens (including phenoxy) is 1. The fourth-order valence-corrected chi connectivity index (χ4v) is 1.97. The Morgan fingerprint density at radius 2 is 2.12 bits per heavy atom. The van der Waals surface area contributed by atoms with E-state index in [1.165, 1.54) is 0 Å². The normalized spacial score (nSPS) is 18.4. The average Bonchev–Trinajstić information content (AvgIpc) is 2.30. The van der Waals surface area contributed by atoms with E-state index in [0.717, 1.165) is 38.0 Å². The van der Waals surface area contributed by atoms with Gasteiger partial charge in [0.25, 0.3) is 0 Å². The lowest BCUT2D eigenvalue weighted by Gasteiger charge is -2.31. The van der Waals surface area contributed by atoms with Gasteiger partial charge >= 0.3 is 5.97 Å². The van der Waals surface area contributed by atoms with E-state index < -0.39 is 0 Å². The molecule has 0 amide bonds. The van der Waals surface area contributed by atoms with E-state index in [4.69, 9.17) is 10.5 Å². The molecule has 2 N–H and O–H groups in total. The van der Waals surface area contributed by atoms with Crippen LogP contribution in [0.15, 0.2) is 12.2 Å². The van der Waals surface area contributed by atoms with Crippen molar-refractivity contribution in [3.05, 3.63) is 12.2 Å². The molecule has 4 heteroatoms. The summed E-state index contributed by atoms with van der Waals surface area (Å²) in [5, 5.41) is 0. The zero-order chi connectivity index (χ0) is 12.0. The molecule has 1 saturated heterocycles. The van der Waals surface area contributed by atoms with E-state index in [1.54, 1.807) is 0 Å². The monoisotopic (exact) mass is 226 g/mol. The molecule has 1 aliphatic rings. The van der Waals surface area contributed by atoms with Gasteiger partial charge in [0.2, 0.25) is 0 Å². The van der Waals surface area contributed by atoms with Crippen LogP contribution in [0.3, 0.4) is 0 Å². The highest BCUT2D eigenvalue weighted by Gasteiger charge is 2.25. The highest BCUT2D eigenvalue weighted by Crippen LogP contribution is 2.18. The summed E-state index contributed by atoms with van der Waals surface area (Å²) in [4.78, 5) is 13.8. The van der Waals surface area contributed by atoms with Gasteiger partial charge in [0.15, 0.2) is 0 Å². The van der Waals surface area contributed by atoms with E-state index >= 15 is 0 Å². The topological polar surface area (TPSA) is 55.6 Å². The second kappa shape index (κ2) is 6.66. The summed E-state index contributed by atoms with van der Waals surface area (Å²) in [6.45, 7) is 9.47. The first-order valence-electron chi connectivity index (χ1n) is 5.93. The first kappa shape index (κ1) is 13.2. The fourth-order valence-electron chi connectivity index (χ4n) is 1.97. The lowest BCUT2D eigenvalue weighted by atomic mass is 9.97. The van der Waals surface area contributed by atoms with Crippen LogP contribution in [0.25, 0.3) is 0 Å². The average molecular weight is 226 g/mol. The number of nitrogens with two attached hydrogens (primary N) is 1. The van der Waals surface area contributed by atoms with Gasteiger partial charge < -0.3 is 10.5 Å². The standard InChI is InChI=1S/C12H22N2O2/c1-3-16-12(15)11-4-6-14(7-5-11)9-10(2)8-13/h11H,2-9,13H2,1H3. The maximum absolute atomic E-state index is 11.5. The molecule has 0 aromatic carbocycles. The van der Waals surface area contributed by atoms with Gasteiger partial charge in [-0.05, 0) is 38.4 Å². The number of rotatable bonds is 5. The molecule has 0 aliphatic carbocycles. The highest BCUT2D eigenvalue weighted by atomic mass is 16.5. The Kier molecular flexibility index (Phi) is 5.49. The second-order valence-corrected chi connectivity index (χ2v) is 4.26. The zero-order valence-electron chi connectivity index (χ0n) is 10.1. The van der Waals surface area contributed by atoms with Crippen molar-refractivity contribution < 1.29 is 9.53 Å². The molecule has 1 heterocycles. The minimum atomic E-state index is -0.0419. The number of hydrogen-bond acceptors (Lipinski definition) is 4. The van der Waals surface area contributed by atoms with Crippen molar-refractivity contribution >= 4 is 5.97 Å². The Labute approximate surface area is 97.4 Å². The number of carbonyl (C=O) groups excluding carboxylic acids is 1. The minimum absolute atomic E-state index is 0.0419. The molecule has 0 saturated carbocycles. The van der Waals surface area contributed by atoms with Crippen LogP contribution in [-0.2, 0) is 9.53 Å². The molecular formula is C12H22N2O2. The maximum atomic E-state index is 11.5. The van der Waals surface area contributed by atoms with Crippen LogP contribution in [0.2, 0.25) is 0 Å². The molecule has 0 aromatic rings. The van der Waals surface area contributed by atoms with Crippen molar-refractivity contribution in [2.45, 2.75) is 19.8 Å². The Hall–Kier alpha value is -0.870. The van der Waals surface area contributed by atoms with E-state index in [0.29, 0.717) is 13.2 Å². The van der Waals surface area contributed by atoms with Crippen molar-refractivity contribution in [1.82, 2.24) is 4.90 Å². The van der Waals surface area contributed by atoms with Crippen LogP contribution in [0.1, 0.15) is 19.8 Å². The predicted octanol–water partition coefficient (Wildman–Crippen LogP) is 0.776. The Bertz CT molecular complexity index is 245. The summed E-state index contributed by atoms with van der Waals surface area (Å²) in [7, 11) is 0. The molecule has 1 fully saturated rings. The SMILES string of the molecule is C=C(CN)CN1CCC(C(=O)OCC)CC1. The lowest BCUT2D eigenvalue weighted by Crippen LogP contribution is -2.38. The summed E-state index contributed by atoms with van der Waals surface area (Å²) in [5.74, 6) is 0.0437. The Morgan fingerprint density at radius 1 is 1.50 bits per heavy atom. The van der Waals surface area contributed by atoms with Crippen molar-refractivity contribution in [1.29, 1.82) is 0 Å². The van der Waals surface area contributed by atoms with Gasteiger partial charge in [-0.15, -0.1) is 0 Å². The molecule has 1 aliphatic heterocycles. The first-order chi connectivity index (χ1) is 7.67. The van der Waals surface area contributed by atoms with Crippen molar-refractivity contribution in [3.8, 4) is 0 Å². The summed E-state index contributed by atoms with van der Waals surface area (Å²) in [6, 6.07) is 0. The minimum Gasteiger partial charge on any atom is -0.466 e. The fraction of sp³-hybridized carbons (Fsp3) is 0.750. The molecule has 0 bridgehead atoms. The highest BCUT2D eigenvalue weighted by molar-refractivity contribution is 5.72. The largest absolute Gasteiger partial charge is 0.466 e. The maximum Gasteiger partial charge on any atom is 0.309 e. The molecule has 0 aromatic heterocycles. The van der Waals surface area contributed by atoms with Gasteiger partial charge in [-0.3, -0.25) is 9.69 Å². The third-order valence-corrected chi connectivity index (χ3v) is 2.94. The van der Waals surface area contributed by atoms with Crippen LogP contribution in [-0.4, -0.2) is 43.7 Å². The van der Waals surface area contributed by atoms with Gasteiger partial charge in [-0.25, -0.2) is 0 Å². The van der Waals surface area contributed by atoms with Crippen LogP contribution in [0.5, 0.6) is 0 Å². The summed E-state index contributed by atoms with van der Waals surface area (Å²) in [5.41, 5.74) is 6.55. The van der Waals surface area contributed by atoms with E-state index in [-0.39, 0.29) is 11.9 Å². The van der Waals surface area contributed by atoms with Gasteiger partial charge in [0.1, 0.15) is 0 Å². The van der Waals surface area contributed by atoms with Crippen LogP contribution in [0.4, 0.5) is 0 Å². The Morgan fingerprint density at radius 3 is 2.62 bits per heavy atom. The summed E-state index contributed by atoms with van der Waals surface area (Å²) < 4.78 is 5.02. The number of carbonyl (C=O) groups is 1. The van der Waals surface area contributed by atoms with E-state index in [1.807, 2.05) is 6.92 Å². The summed E-state index contributed by atoms with van der Waals surface area (Å²) >= 11 is 0. The zero-order valence-corrected chi connectivity index (χ0v) is 10.1. The number of esters is 1. The van der Waals surface area contributed by atoms with Crippen LogP contribution in [0, 0.1) is 5.92 Å². The van der Waals surface area contributed by atoms with Crippen molar-refractivity contribution in [2.75, 3.05) is 32.8 Å². The first-order valence-corrected chi connectivity index (χ1v) is 5.93. The molecule has 0 radical (unpaired) electrons. The van der Waals surface area contributed by atoms with Crippen LogP contribution < -0.4 is 5.73 Å². The van der Waals surface area contributed by atoms with Crippen molar-refractivity contribution in [2.24, 2.45) is 11.7 Å².